The first-order valence-electron chi connectivity index (χ1n) is 6.51. The maximum atomic E-state index is 11.7. The fourth-order valence-corrected chi connectivity index (χ4v) is 1.97. The Morgan fingerprint density at radius 3 is 2.71 bits per heavy atom. The number of carbonyl (C=O) groups is 1. The summed E-state index contributed by atoms with van der Waals surface area (Å²) in [6, 6.07) is 0. The van der Waals surface area contributed by atoms with E-state index in [1.54, 1.807) is 0 Å². The minimum absolute atomic E-state index is 0.0425. The maximum Gasteiger partial charge on any atom is 0.410 e. The van der Waals surface area contributed by atoms with Crippen LogP contribution in [-0.2, 0) is 4.74 Å². The van der Waals surface area contributed by atoms with Crippen molar-refractivity contribution in [2.24, 2.45) is 5.73 Å². The van der Waals surface area contributed by atoms with E-state index < -0.39 is 0 Å². The van der Waals surface area contributed by atoms with Crippen LogP contribution in [0.5, 0.6) is 0 Å². The number of nitrogens with zero attached hydrogens (tertiary/aromatic N) is 2. The van der Waals surface area contributed by atoms with Gasteiger partial charge in [-0.1, -0.05) is 0 Å². The molecular formula is C12H25N3O2. The second-order valence-corrected chi connectivity index (χ2v) is 4.76. The first kappa shape index (κ1) is 14.3. The fraction of sp³-hybridized carbons (Fsp3) is 0.917. The van der Waals surface area contributed by atoms with E-state index in [-0.39, 0.29) is 12.2 Å². The summed E-state index contributed by atoms with van der Waals surface area (Å²) >= 11 is 0. The molecule has 1 rings (SSSR count). The summed E-state index contributed by atoms with van der Waals surface area (Å²) in [4.78, 5) is 15.9. The lowest BCUT2D eigenvalue weighted by molar-refractivity contribution is 0.0778. The summed E-state index contributed by atoms with van der Waals surface area (Å²) in [5.74, 6) is 0. The van der Waals surface area contributed by atoms with Crippen LogP contribution in [0.4, 0.5) is 4.79 Å². The molecule has 5 heteroatoms. The minimum Gasteiger partial charge on any atom is -0.447 e. The van der Waals surface area contributed by atoms with Gasteiger partial charge in [-0.25, -0.2) is 4.79 Å². The Hall–Kier alpha value is -0.810. The first-order valence-corrected chi connectivity index (χ1v) is 6.51. The van der Waals surface area contributed by atoms with Crippen LogP contribution in [0.3, 0.4) is 0 Å². The van der Waals surface area contributed by atoms with Gasteiger partial charge in [0.15, 0.2) is 0 Å². The molecular weight excluding hydrogens is 218 g/mol. The fourth-order valence-electron chi connectivity index (χ4n) is 1.97. The average Bonchev–Trinajstić information content (AvgIpc) is 2.50. The number of ether oxygens (including phenoxy) is 1. The molecule has 1 aliphatic heterocycles. The van der Waals surface area contributed by atoms with Crippen molar-refractivity contribution >= 4 is 6.09 Å². The molecule has 1 heterocycles. The molecule has 17 heavy (non-hydrogen) atoms. The van der Waals surface area contributed by atoms with Gasteiger partial charge in [0.05, 0.1) is 6.10 Å². The lowest BCUT2D eigenvalue weighted by atomic mass is 10.3. The van der Waals surface area contributed by atoms with Crippen molar-refractivity contribution in [1.82, 2.24) is 9.80 Å². The van der Waals surface area contributed by atoms with Gasteiger partial charge in [0.25, 0.3) is 0 Å². The molecule has 100 valence electrons. The van der Waals surface area contributed by atoms with Crippen molar-refractivity contribution in [3.05, 3.63) is 0 Å². The Kier molecular flexibility index (Phi) is 6.29. The van der Waals surface area contributed by atoms with E-state index in [0.29, 0.717) is 0 Å². The molecule has 1 saturated heterocycles. The van der Waals surface area contributed by atoms with E-state index in [4.69, 9.17) is 10.5 Å². The smallest absolute Gasteiger partial charge is 0.410 e. The molecule has 1 aliphatic rings. The van der Waals surface area contributed by atoms with Gasteiger partial charge < -0.3 is 20.3 Å². The predicted molar refractivity (Wildman–Crippen MR) is 67.9 cm³/mol. The SMILES string of the molecule is CC(C)OC(=O)N1CCCN(CCCN)CC1. The largest absolute Gasteiger partial charge is 0.447 e. The van der Waals surface area contributed by atoms with E-state index in [1.165, 1.54) is 0 Å². The van der Waals surface area contributed by atoms with Crippen LogP contribution >= 0.6 is 0 Å². The number of carbonyl (C=O) groups excluding carboxylic acids is 1. The number of hydrogen-bond donors (Lipinski definition) is 1. The minimum atomic E-state index is -0.180. The molecule has 2 N–H and O–H groups in total. The lowest BCUT2D eigenvalue weighted by Gasteiger charge is -2.22. The summed E-state index contributed by atoms with van der Waals surface area (Å²) in [6.07, 6.45) is 1.81. The van der Waals surface area contributed by atoms with Crippen LogP contribution in [0.2, 0.25) is 0 Å². The summed E-state index contributed by atoms with van der Waals surface area (Å²) in [7, 11) is 0. The Morgan fingerprint density at radius 1 is 1.29 bits per heavy atom. The Labute approximate surface area is 104 Å². The summed E-state index contributed by atoms with van der Waals surface area (Å²) in [5.41, 5.74) is 5.50. The summed E-state index contributed by atoms with van der Waals surface area (Å²) in [5, 5.41) is 0. The van der Waals surface area contributed by atoms with Gasteiger partial charge in [-0.2, -0.15) is 0 Å². The highest BCUT2D eigenvalue weighted by molar-refractivity contribution is 5.67. The number of amides is 1. The molecule has 0 atom stereocenters. The summed E-state index contributed by atoms with van der Waals surface area (Å²) in [6.45, 7) is 9.05. The topological polar surface area (TPSA) is 58.8 Å². The van der Waals surface area contributed by atoms with Gasteiger partial charge in [-0.3, -0.25) is 0 Å². The van der Waals surface area contributed by atoms with Gasteiger partial charge in [-0.05, 0) is 46.3 Å². The third kappa shape index (κ3) is 5.37. The Morgan fingerprint density at radius 2 is 2.06 bits per heavy atom. The zero-order valence-electron chi connectivity index (χ0n) is 11.0. The molecule has 0 aromatic rings. The van der Waals surface area contributed by atoms with Crippen molar-refractivity contribution in [1.29, 1.82) is 0 Å². The van der Waals surface area contributed by atoms with Gasteiger partial charge in [0, 0.05) is 19.6 Å². The van der Waals surface area contributed by atoms with Gasteiger partial charge in [0.1, 0.15) is 0 Å². The number of hydrogen-bond acceptors (Lipinski definition) is 4. The second kappa shape index (κ2) is 7.50. The zero-order valence-corrected chi connectivity index (χ0v) is 11.0. The van der Waals surface area contributed by atoms with E-state index in [9.17, 15) is 4.79 Å². The third-order valence-corrected chi connectivity index (χ3v) is 2.86. The van der Waals surface area contributed by atoms with Gasteiger partial charge >= 0.3 is 6.09 Å². The molecule has 0 aromatic carbocycles. The van der Waals surface area contributed by atoms with Crippen molar-refractivity contribution in [2.75, 3.05) is 39.3 Å². The number of nitrogens with two attached hydrogens (primary N) is 1. The highest BCUT2D eigenvalue weighted by atomic mass is 16.6. The second-order valence-electron chi connectivity index (χ2n) is 4.76. The monoisotopic (exact) mass is 243 g/mol. The van der Waals surface area contributed by atoms with Crippen LogP contribution in [0.25, 0.3) is 0 Å². The molecule has 5 nitrogen and oxygen atoms in total. The van der Waals surface area contributed by atoms with Crippen molar-refractivity contribution < 1.29 is 9.53 Å². The molecule has 0 unspecified atom stereocenters. The van der Waals surface area contributed by atoms with Gasteiger partial charge in [0.2, 0.25) is 0 Å². The average molecular weight is 243 g/mol. The zero-order chi connectivity index (χ0) is 12.7. The molecule has 0 radical (unpaired) electrons. The molecule has 1 fully saturated rings. The molecule has 0 bridgehead atoms. The van der Waals surface area contributed by atoms with Crippen LogP contribution < -0.4 is 5.73 Å². The molecule has 1 amide bonds. The third-order valence-electron chi connectivity index (χ3n) is 2.86. The molecule has 0 spiro atoms. The molecule has 0 aliphatic carbocycles. The number of rotatable bonds is 4. The van der Waals surface area contributed by atoms with Crippen molar-refractivity contribution in [2.45, 2.75) is 32.8 Å². The van der Waals surface area contributed by atoms with Crippen LogP contribution in [-0.4, -0.2) is 61.3 Å². The predicted octanol–water partition coefficient (Wildman–Crippen LogP) is 0.888. The highest BCUT2D eigenvalue weighted by Crippen LogP contribution is 2.06. The van der Waals surface area contributed by atoms with E-state index in [2.05, 4.69) is 4.90 Å². The van der Waals surface area contributed by atoms with E-state index in [1.807, 2.05) is 18.7 Å². The van der Waals surface area contributed by atoms with Gasteiger partial charge in [-0.15, -0.1) is 0 Å². The lowest BCUT2D eigenvalue weighted by Crippen LogP contribution is -2.37. The maximum absolute atomic E-state index is 11.7. The first-order chi connectivity index (χ1) is 8.13. The van der Waals surface area contributed by atoms with E-state index >= 15 is 0 Å². The van der Waals surface area contributed by atoms with E-state index in [0.717, 1.165) is 52.1 Å². The molecule has 0 saturated carbocycles. The van der Waals surface area contributed by atoms with Crippen molar-refractivity contribution in [3.8, 4) is 0 Å². The quantitative estimate of drug-likeness (QED) is 0.796. The normalized spacial score (nSPS) is 18.2. The van der Waals surface area contributed by atoms with Crippen molar-refractivity contribution in [3.63, 3.8) is 0 Å². The van der Waals surface area contributed by atoms with Crippen LogP contribution in [0.1, 0.15) is 26.7 Å². The summed E-state index contributed by atoms with van der Waals surface area (Å²) < 4.78 is 5.21. The van der Waals surface area contributed by atoms with Crippen LogP contribution in [0.15, 0.2) is 0 Å². The Balaban J connectivity index is 2.33. The molecule has 0 aromatic heterocycles. The standard InChI is InChI=1S/C12H25N3O2/c1-11(2)17-12(16)15-8-4-7-14(9-10-15)6-3-5-13/h11H,3-10,13H2,1-2H3. The van der Waals surface area contributed by atoms with Crippen LogP contribution in [0, 0.1) is 0 Å². The highest BCUT2D eigenvalue weighted by Gasteiger charge is 2.20. The Bertz CT molecular complexity index is 234.